The molecule has 1 amide bonds. The van der Waals surface area contributed by atoms with Crippen LogP contribution in [0.4, 0.5) is 0 Å². The van der Waals surface area contributed by atoms with Gasteiger partial charge in [-0.25, -0.2) is 13.8 Å². The Morgan fingerprint density at radius 2 is 1.88 bits per heavy atom. The molecule has 1 N–H and O–H groups in total. The molecule has 0 bridgehead atoms. The number of aromatic nitrogens is 1. The standard InChI is InChI=1S/C17H23N3O3S2/c1-12(2)25(22,23)13-10-24-15(14(13)20-8-6-7-9-20)16(21)19-18-11-17(3,4)5/h6-12H,1-5H3,(H,19,21). The van der Waals surface area contributed by atoms with Crippen LogP contribution >= 0.6 is 11.3 Å². The van der Waals surface area contributed by atoms with Gasteiger partial charge in [0.25, 0.3) is 5.91 Å². The second kappa shape index (κ2) is 7.13. The largest absolute Gasteiger partial charge is 0.321 e. The second-order valence-electron chi connectivity index (χ2n) is 7.03. The van der Waals surface area contributed by atoms with Crippen LogP contribution in [-0.4, -0.2) is 30.4 Å². The van der Waals surface area contributed by atoms with Crippen molar-refractivity contribution in [1.82, 2.24) is 9.99 Å². The number of hydrazone groups is 1. The fourth-order valence-electron chi connectivity index (χ4n) is 2.02. The second-order valence-corrected chi connectivity index (χ2v) is 10.4. The van der Waals surface area contributed by atoms with E-state index in [0.717, 1.165) is 11.3 Å². The van der Waals surface area contributed by atoms with E-state index in [0.29, 0.717) is 10.6 Å². The molecule has 0 fully saturated rings. The first kappa shape index (κ1) is 19.4. The van der Waals surface area contributed by atoms with Crippen LogP contribution in [0.2, 0.25) is 0 Å². The van der Waals surface area contributed by atoms with Crippen molar-refractivity contribution in [2.75, 3.05) is 0 Å². The van der Waals surface area contributed by atoms with Gasteiger partial charge in [0.2, 0.25) is 0 Å². The van der Waals surface area contributed by atoms with E-state index < -0.39 is 21.0 Å². The van der Waals surface area contributed by atoms with E-state index >= 15 is 0 Å². The number of hydrogen-bond acceptors (Lipinski definition) is 5. The van der Waals surface area contributed by atoms with Gasteiger partial charge in [0.1, 0.15) is 9.77 Å². The highest BCUT2D eigenvalue weighted by atomic mass is 32.2. The van der Waals surface area contributed by atoms with Crippen LogP contribution in [0.15, 0.2) is 39.9 Å². The highest BCUT2D eigenvalue weighted by Gasteiger charge is 2.29. The average Bonchev–Trinajstić information content (AvgIpc) is 3.14. The van der Waals surface area contributed by atoms with Crippen molar-refractivity contribution < 1.29 is 13.2 Å². The predicted octanol–water partition coefficient (Wildman–Crippen LogP) is 3.48. The Morgan fingerprint density at radius 1 is 1.28 bits per heavy atom. The highest BCUT2D eigenvalue weighted by Crippen LogP contribution is 2.32. The first-order chi connectivity index (χ1) is 11.5. The van der Waals surface area contributed by atoms with Crippen LogP contribution < -0.4 is 5.43 Å². The first-order valence-corrected chi connectivity index (χ1v) is 10.3. The van der Waals surface area contributed by atoms with Crippen molar-refractivity contribution in [3.05, 3.63) is 34.8 Å². The van der Waals surface area contributed by atoms with Crippen molar-refractivity contribution >= 4 is 33.3 Å². The molecule has 25 heavy (non-hydrogen) atoms. The lowest BCUT2D eigenvalue weighted by Crippen LogP contribution is -2.21. The molecular formula is C17H23N3O3S2. The summed E-state index contributed by atoms with van der Waals surface area (Å²) < 4.78 is 27.0. The van der Waals surface area contributed by atoms with Crippen LogP contribution in [0.1, 0.15) is 44.3 Å². The Bertz CT molecular complexity index is 871. The van der Waals surface area contributed by atoms with Crippen molar-refractivity contribution in [2.45, 2.75) is 44.8 Å². The Balaban J connectivity index is 2.48. The Labute approximate surface area is 152 Å². The molecule has 2 aromatic heterocycles. The van der Waals surface area contributed by atoms with Gasteiger partial charge in [-0.15, -0.1) is 11.3 Å². The summed E-state index contributed by atoms with van der Waals surface area (Å²) in [6.45, 7) is 9.14. The molecule has 0 radical (unpaired) electrons. The summed E-state index contributed by atoms with van der Waals surface area (Å²) in [5, 5.41) is 4.91. The van der Waals surface area contributed by atoms with Gasteiger partial charge in [0, 0.05) is 24.0 Å². The number of carbonyl (C=O) groups excluding carboxylic acids is 1. The lowest BCUT2D eigenvalue weighted by molar-refractivity contribution is 0.0958. The summed E-state index contributed by atoms with van der Waals surface area (Å²) in [6.07, 6.45) is 5.08. The zero-order chi connectivity index (χ0) is 18.8. The molecule has 136 valence electrons. The summed E-state index contributed by atoms with van der Waals surface area (Å²) in [5.41, 5.74) is 2.68. The van der Waals surface area contributed by atoms with Crippen LogP contribution in [0.5, 0.6) is 0 Å². The predicted molar refractivity (Wildman–Crippen MR) is 101 cm³/mol. The molecule has 0 aromatic carbocycles. The van der Waals surface area contributed by atoms with Crippen LogP contribution in [0, 0.1) is 5.41 Å². The number of nitrogens with one attached hydrogen (secondary N) is 1. The Morgan fingerprint density at radius 3 is 2.40 bits per heavy atom. The minimum Gasteiger partial charge on any atom is -0.321 e. The van der Waals surface area contributed by atoms with Gasteiger partial charge < -0.3 is 4.57 Å². The van der Waals surface area contributed by atoms with Crippen molar-refractivity contribution in [3.63, 3.8) is 0 Å². The third-order valence-electron chi connectivity index (χ3n) is 3.35. The van der Waals surface area contributed by atoms with Crippen LogP contribution in [0.3, 0.4) is 0 Å². The molecule has 8 heteroatoms. The fourth-order valence-corrected chi connectivity index (χ4v) is 4.56. The van der Waals surface area contributed by atoms with Gasteiger partial charge in [-0.2, -0.15) is 5.10 Å². The van der Waals surface area contributed by atoms with E-state index in [1.54, 1.807) is 49.2 Å². The van der Waals surface area contributed by atoms with Gasteiger partial charge in [0.15, 0.2) is 9.84 Å². The quantitative estimate of drug-likeness (QED) is 0.636. The van der Waals surface area contributed by atoms with Gasteiger partial charge in [-0.1, -0.05) is 20.8 Å². The molecule has 6 nitrogen and oxygen atoms in total. The first-order valence-electron chi connectivity index (χ1n) is 7.87. The molecule has 0 aliphatic rings. The lowest BCUT2D eigenvalue weighted by Gasteiger charge is -2.12. The van der Waals surface area contributed by atoms with Gasteiger partial charge in [0.05, 0.1) is 10.9 Å². The van der Waals surface area contributed by atoms with Crippen molar-refractivity contribution in [3.8, 4) is 5.69 Å². The summed E-state index contributed by atoms with van der Waals surface area (Å²) in [7, 11) is -3.52. The smallest absolute Gasteiger partial charge is 0.283 e. The minimum atomic E-state index is -3.52. The highest BCUT2D eigenvalue weighted by molar-refractivity contribution is 7.92. The molecule has 0 aliphatic carbocycles. The zero-order valence-corrected chi connectivity index (χ0v) is 16.6. The molecule has 0 atom stereocenters. The Hall–Kier alpha value is -1.93. The molecule has 0 saturated carbocycles. The third kappa shape index (κ3) is 4.38. The number of nitrogens with zero attached hydrogens (tertiary/aromatic N) is 2. The maximum absolute atomic E-state index is 12.7. The van der Waals surface area contributed by atoms with E-state index in [4.69, 9.17) is 0 Å². The average molecular weight is 382 g/mol. The molecule has 0 aliphatic heterocycles. The van der Waals surface area contributed by atoms with Gasteiger partial charge >= 0.3 is 0 Å². The maximum Gasteiger partial charge on any atom is 0.283 e. The van der Waals surface area contributed by atoms with Crippen LogP contribution in [-0.2, 0) is 9.84 Å². The number of sulfone groups is 1. The van der Waals surface area contributed by atoms with Gasteiger partial charge in [-0.3, -0.25) is 4.79 Å². The minimum absolute atomic E-state index is 0.161. The summed E-state index contributed by atoms with van der Waals surface area (Å²) in [4.78, 5) is 13.0. The normalized spacial score (nSPS) is 12.9. The zero-order valence-electron chi connectivity index (χ0n) is 15.0. The van der Waals surface area contributed by atoms with E-state index in [-0.39, 0.29) is 10.3 Å². The lowest BCUT2D eigenvalue weighted by atomic mass is 9.99. The molecule has 2 rings (SSSR count). The summed E-state index contributed by atoms with van der Waals surface area (Å²) in [6, 6.07) is 3.56. The molecule has 2 heterocycles. The van der Waals surface area contributed by atoms with E-state index in [9.17, 15) is 13.2 Å². The number of carbonyl (C=O) groups is 1. The third-order valence-corrected chi connectivity index (χ3v) is 6.63. The molecule has 0 unspecified atom stereocenters. The monoisotopic (exact) mass is 381 g/mol. The van der Waals surface area contributed by atoms with E-state index in [1.807, 2.05) is 20.8 Å². The Kier molecular flexibility index (Phi) is 5.53. The fraction of sp³-hybridized carbons (Fsp3) is 0.412. The van der Waals surface area contributed by atoms with E-state index in [2.05, 4.69) is 10.5 Å². The maximum atomic E-state index is 12.7. The topological polar surface area (TPSA) is 80.5 Å². The number of amides is 1. The molecule has 0 spiro atoms. The van der Waals surface area contributed by atoms with Crippen molar-refractivity contribution in [2.24, 2.45) is 10.5 Å². The van der Waals surface area contributed by atoms with Gasteiger partial charge in [-0.05, 0) is 31.4 Å². The summed E-state index contributed by atoms with van der Waals surface area (Å²) in [5.74, 6) is -0.431. The number of thiophene rings is 1. The van der Waals surface area contributed by atoms with E-state index in [1.165, 1.54) is 5.38 Å². The number of hydrogen-bond donors (Lipinski definition) is 1. The summed E-state index contributed by atoms with van der Waals surface area (Å²) >= 11 is 1.10. The van der Waals surface area contributed by atoms with Crippen molar-refractivity contribution in [1.29, 1.82) is 0 Å². The van der Waals surface area contributed by atoms with Crippen LogP contribution in [0.25, 0.3) is 5.69 Å². The SMILES string of the molecule is CC(C)S(=O)(=O)c1csc(C(=O)NN=CC(C)(C)C)c1-n1cccc1. The molecule has 2 aromatic rings. The molecule has 0 saturated heterocycles. The number of rotatable bonds is 5. The molecular weight excluding hydrogens is 358 g/mol.